The summed E-state index contributed by atoms with van der Waals surface area (Å²) in [6.45, 7) is 9.86. The van der Waals surface area contributed by atoms with Gasteiger partial charge >= 0.3 is 0 Å². The van der Waals surface area contributed by atoms with Crippen LogP contribution < -0.4 is 5.36 Å². The predicted molar refractivity (Wildman–Crippen MR) is 128 cm³/mol. The normalized spacial score (nSPS) is 12.8. The maximum Gasteiger partial charge on any atom is 0.0908 e. The molecule has 1 unspecified atom stereocenters. The highest BCUT2D eigenvalue weighted by Gasteiger charge is 2.10. The maximum absolute atomic E-state index is 10.7. The van der Waals surface area contributed by atoms with Crippen LogP contribution >= 0.6 is 36.4 Å². The van der Waals surface area contributed by atoms with Crippen molar-refractivity contribution >= 4 is 58.2 Å². The number of fused-ring (bicyclic) bond motifs is 2. The van der Waals surface area contributed by atoms with Crippen molar-refractivity contribution in [2.75, 3.05) is 19.6 Å². The van der Waals surface area contributed by atoms with Crippen LogP contribution in [0.25, 0.3) is 21.8 Å². The fourth-order valence-electron chi connectivity index (χ4n) is 3.59. The van der Waals surface area contributed by atoms with E-state index in [1.165, 1.54) is 4.73 Å². The first-order chi connectivity index (χ1) is 13.0. The third-order valence-electron chi connectivity index (χ3n) is 5.17. The second-order valence-corrected chi connectivity index (χ2v) is 7.42. The molecule has 2 aromatic carbocycles. The van der Waals surface area contributed by atoms with E-state index < -0.39 is 0 Å². The Hall–Kier alpha value is -1.46. The summed E-state index contributed by atoms with van der Waals surface area (Å²) in [5.74, 6) is 0. The van der Waals surface area contributed by atoms with Gasteiger partial charge in [0.15, 0.2) is 0 Å². The molecule has 0 saturated carbocycles. The van der Waals surface area contributed by atoms with E-state index in [-0.39, 0.29) is 30.9 Å². The van der Waals surface area contributed by atoms with E-state index in [1.807, 2.05) is 36.4 Å². The van der Waals surface area contributed by atoms with Gasteiger partial charge in [0.05, 0.1) is 16.4 Å². The Morgan fingerprint density at radius 3 is 2.38 bits per heavy atom. The summed E-state index contributed by atoms with van der Waals surface area (Å²) in [6, 6.07) is 13.6. The monoisotopic (exact) mass is 457 g/mol. The Balaban J connectivity index is 0.00000210. The van der Waals surface area contributed by atoms with Crippen LogP contribution in [-0.2, 0) is 0 Å². The third-order valence-corrected chi connectivity index (χ3v) is 5.41. The van der Waals surface area contributed by atoms with Gasteiger partial charge in [-0.25, -0.2) is 0 Å². The molecule has 1 aromatic heterocycles. The van der Waals surface area contributed by atoms with Crippen molar-refractivity contribution < 1.29 is 5.21 Å². The lowest BCUT2D eigenvalue weighted by atomic mass is 10.1. The van der Waals surface area contributed by atoms with E-state index in [0.717, 1.165) is 54.1 Å². The molecule has 29 heavy (non-hydrogen) atoms. The van der Waals surface area contributed by atoms with Gasteiger partial charge in [0, 0.05) is 21.8 Å². The zero-order valence-electron chi connectivity index (χ0n) is 17.1. The van der Waals surface area contributed by atoms with Crippen molar-refractivity contribution in [3.05, 3.63) is 52.8 Å². The van der Waals surface area contributed by atoms with E-state index in [2.05, 4.69) is 25.7 Å². The van der Waals surface area contributed by atoms with Crippen molar-refractivity contribution in [3.63, 3.8) is 0 Å². The second kappa shape index (κ2) is 11.7. The smallest absolute Gasteiger partial charge is 0.0908 e. The van der Waals surface area contributed by atoms with Crippen LogP contribution in [0, 0.1) is 0 Å². The molecule has 0 aliphatic rings. The molecule has 0 amide bonds. The zero-order valence-corrected chi connectivity index (χ0v) is 19.5. The topological polar surface area (TPSA) is 40.8 Å². The van der Waals surface area contributed by atoms with Crippen LogP contribution in [0.5, 0.6) is 0 Å². The molecule has 160 valence electrons. The Morgan fingerprint density at radius 2 is 1.69 bits per heavy atom. The first kappa shape index (κ1) is 25.6. The molecule has 0 spiro atoms. The number of nitrogens with zero attached hydrogens (tertiary/aromatic N) is 3. The van der Waals surface area contributed by atoms with Gasteiger partial charge in [-0.2, -0.15) is 4.73 Å². The van der Waals surface area contributed by atoms with E-state index in [0.29, 0.717) is 10.5 Å². The summed E-state index contributed by atoms with van der Waals surface area (Å²) >= 11 is 6.17. The minimum Gasteiger partial charge on any atom is -0.428 e. The molecular formula is C22H30Cl3N3O. The van der Waals surface area contributed by atoms with E-state index >= 15 is 0 Å². The number of pyridine rings is 1. The fraction of sp³-hybridized carbons (Fsp3) is 0.409. The van der Waals surface area contributed by atoms with Crippen molar-refractivity contribution in [3.8, 4) is 0 Å². The number of hydrogen-bond acceptors (Lipinski definition) is 3. The Morgan fingerprint density at radius 1 is 1.03 bits per heavy atom. The summed E-state index contributed by atoms with van der Waals surface area (Å²) in [4.78, 5) is 7.49. The molecule has 7 heteroatoms. The number of halogens is 3. The molecule has 4 nitrogen and oxygen atoms in total. The lowest BCUT2D eigenvalue weighted by Gasteiger charge is -2.18. The minimum absolute atomic E-state index is 0. The van der Waals surface area contributed by atoms with E-state index in [9.17, 15) is 5.21 Å². The predicted octanol–water partition coefficient (Wildman–Crippen LogP) is 5.94. The molecule has 1 N–H and O–H groups in total. The molecular weight excluding hydrogens is 429 g/mol. The van der Waals surface area contributed by atoms with Crippen molar-refractivity contribution in [1.82, 2.24) is 9.63 Å². The average Bonchev–Trinajstić information content (AvgIpc) is 2.68. The minimum atomic E-state index is 0. The second-order valence-electron chi connectivity index (χ2n) is 6.99. The van der Waals surface area contributed by atoms with Crippen LogP contribution in [0.3, 0.4) is 0 Å². The van der Waals surface area contributed by atoms with Crippen LogP contribution in [0.2, 0.25) is 5.02 Å². The van der Waals surface area contributed by atoms with Crippen LogP contribution in [0.4, 0.5) is 0 Å². The molecule has 3 aromatic rings. The Labute approximate surface area is 190 Å². The van der Waals surface area contributed by atoms with Gasteiger partial charge in [-0.15, -0.1) is 24.8 Å². The Bertz CT molecular complexity index is 1000. The van der Waals surface area contributed by atoms with Gasteiger partial charge in [-0.3, -0.25) is 4.99 Å². The van der Waals surface area contributed by atoms with Gasteiger partial charge in [0.1, 0.15) is 0 Å². The van der Waals surface area contributed by atoms with Gasteiger partial charge in [0.2, 0.25) is 0 Å². The summed E-state index contributed by atoms with van der Waals surface area (Å²) in [6.07, 6.45) is 2.16. The lowest BCUT2D eigenvalue weighted by molar-refractivity contribution is 0.211. The average molecular weight is 459 g/mol. The standard InChI is InChI=1S/C22H28ClN3O.2ClH/c1-4-25(5-2)14-8-9-16(3)24-22-18-10-6-7-11-20(18)26(27)21-15-17(23)12-13-19(21)22;;/h6-7,10-13,15-16,27H,4-5,8-9,14H2,1-3H3;2*1H. The SMILES string of the molecule is CCN(CC)CCCC(C)N=c1c2ccccc2n(O)c2cc(Cl)ccc12.Cl.Cl. The quantitative estimate of drug-likeness (QED) is 0.351. The number of hydrogen-bond donors (Lipinski definition) is 1. The fourth-order valence-corrected chi connectivity index (χ4v) is 3.75. The van der Waals surface area contributed by atoms with Crippen molar-refractivity contribution in [1.29, 1.82) is 0 Å². The molecule has 0 aliphatic heterocycles. The van der Waals surface area contributed by atoms with Crippen LogP contribution in [0.1, 0.15) is 33.6 Å². The highest BCUT2D eigenvalue weighted by molar-refractivity contribution is 6.31. The molecule has 3 rings (SSSR count). The zero-order chi connectivity index (χ0) is 19.4. The number of benzene rings is 2. The summed E-state index contributed by atoms with van der Waals surface area (Å²) in [5, 5.41) is 14.0. The number of rotatable bonds is 7. The molecule has 1 atom stereocenters. The van der Waals surface area contributed by atoms with Gasteiger partial charge in [-0.1, -0.05) is 43.6 Å². The highest BCUT2D eigenvalue weighted by atomic mass is 35.5. The van der Waals surface area contributed by atoms with Crippen LogP contribution in [0.15, 0.2) is 47.5 Å². The van der Waals surface area contributed by atoms with Crippen molar-refractivity contribution in [2.45, 2.75) is 39.7 Å². The maximum atomic E-state index is 10.7. The van der Waals surface area contributed by atoms with Gasteiger partial charge < -0.3 is 10.1 Å². The largest absolute Gasteiger partial charge is 0.428 e. The van der Waals surface area contributed by atoms with E-state index in [4.69, 9.17) is 16.6 Å². The molecule has 0 aliphatic carbocycles. The molecule has 0 radical (unpaired) electrons. The van der Waals surface area contributed by atoms with Crippen LogP contribution in [-0.4, -0.2) is 40.5 Å². The number of aromatic nitrogens is 1. The van der Waals surface area contributed by atoms with Crippen molar-refractivity contribution in [2.24, 2.45) is 4.99 Å². The highest BCUT2D eigenvalue weighted by Crippen LogP contribution is 2.21. The first-order valence-electron chi connectivity index (χ1n) is 9.73. The molecule has 0 saturated heterocycles. The summed E-state index contributed by atoms with van der Waals surface area (Å²) in [5.41, 5.74) is 1.41. The third kappa shape index (κ3) is 5.79. The van der Waals surface area contributed by atoms with Gasteiger partial charge in [-0.05, 0) is 63.7 Å². The molecule has 1 heterocycles. The summed E-state index contributed by atoms with van der Waals surface area (Å²) < 4.78 is 1.21. The molecule has 0 fully saturated rings. The molecule has 0 bridgehead atoms. The van der Waals surface area contributed by atoms with Gasteiger partial charge in [0.25, 0.3) is 0 Å². The number of para-hydroxylation sites is 1. The van der Waals surface area contributed by atoms with E-state index in [1.54, 1.807) is 6.07 Å². The summed E-state index contributed by atoms with van der Waals surface area (Å²) in [7, 11) is 0. The first-order valence-corrected chi connectivity index (χ1v) is 10.1. The Kier molecular flexibility index (Phi) is 10.3. The lowest BCUT2D eigenvalue weighted by Crippen LogP contribution is -2.24.